The van der Waals surface area contributed by atoms with E-state index >= 15 is 0 Å². The van der Waals surface area contributed by atoms with E-state index in [9.17, 15) is 14.4 Å². The summed E-state index contributed by atoms with van der Waals surface area (Å²) in [5.74, 6) is -0.768. The summed E-state index contributed by atoms with van der Waals surface area (Å²) < 4.78 is 2.83. The van der Waals surface area contributed by atoms with Gasteiger partial charge in [-0.25, -0.2) is 9.48 Å². The lowest BCUT2D eigenvalue weighted by Gasteiger charge is -2.09. The van der Waals surface area contributed by atoms with Gasteiger partial charge in [-0.1, -0.05) is 35.9 Å². The quantitative estimate of drug-likeness (QED) is 0.486. The normalized spacial score (nSPS) is 10.7. The number of aromatic nitrogens is 3. The van der Waals surface area contributed by atoms with E-state index in [4.69, 9.17) is 11.6 Å². The lowest BCUT2D eigenvalue weighted by molar-refractivity contribution is -0.115. The molecule has 2 heterocycles. The molecule has 2 aromatic heterocycles. The molecule has 156 valence electrons. The Morgan fingerprint density at radius 2 is 1.84 bits per heavy atom. The van der Waals surface area contributed by atoms with Crippen molar-refractivity contribution in [2.45, 2.75) is 6.54 Å². The van der Waals surface area contributed by atoms with Crippen LogP contribution in [0.25, 0.3) is 5.65 Å². The van der Waals surface area contributed by atoms with Crippen LogP contribution in [0.2, 0.25) is 5.02 Å². The van der Waals surface area contributed by atoms with Crippen LogP contribution in [-0.2, 0) is 11.3 Å². The Kier molecular flexibility index (Phi) is 5.81. The van der Waals surface area contributed by atoms with Crippen LogP contribution in [0.1, 0.15) is 15.9 Å². The molecule has 8 nitrogen and oxygen atoms in total. The number of rotatable bonds is 6. The van der Waals surface area contributed by atoms with Crippen LogP contribution in [0, 0.1) is 0 Å². The molecule has 4 rings (SSSR count). The second-order valence-electron chi connectivity index (χ2n) is 6.81. The fourth-order valence-corrected chi connectivity index (χ4v) is 3.28. The van der Waals surface area contributed by atoms with E-state index in [-0.39, 0.29) is 24.7 Å². The summed E-state index contributed by atoms with van der Waals surface area (Å²) in [6, 6.07) is 18.9. The molecule has 0 atom stereocenters. The number of nitrogens with one attached hydrogen (secondary N) is 2. The van der Waals surface area contributed by atoms with Crippen molar-refractivity contribution in [1.82, 2.24) is 19.5 Å². The highest BCUT2D eigenvalue weighted by molar-refractivity contribution is 6.31. The van der Waals surface area contributed by atoms with Gasteiger partial charge in [0.05, 0.1) is 13.1 Å². The summed E-state index contributed by atoms with van der Waals surface area (Å²) in [4.78, 5) is 36.8. The molecule has 0 fully saturated rings. The molecular weight excluding hydrogens is 418 g/mol. The minimum absolute atomic E-state index is 0.193. The molecule has 0 bridgehead atoms. The maximum absolute atomic E-state index is 12.4. The average Bonchev–Trinajstić information content (AvgIpc) is 3.08. The lowest BCUT2D eigenvalue weighted by atomic mass is 10.2. The number of amides is 2. The molecule has 0 saturated heterocycles. The molecule has 31 heavy (non-hydrogen) atoms. The van der Waals surface area contributed by atoms with Gasteiger partial charge in [-0.05, 0) is 48.0 Å². The average molecular weight is 436 g/mol. The largest absolute Gasteiger partial charge is 0.350 e. The first-order chi connectivity index (χ1) is 15.0. The minimum atomic E-state index is -0.391. The van der Waals surface area contributed by atoms with E-state index in [0.29, 0.717) is 21.9 Å². The SMILES string of the molecule is O=C(CNC(=O)c1cccc(Cl)c1)Nc1cccc(Cn2nc3ccccn3c2=O)c1. The summed E-state index contributed by atoms with van der Waals surface area (Å²) in [6.45, 7) is 0.0667. The van der Waals surface area contributed by atoms with Crippen LogP contribution in [0.5, 0.6) is 0 Å². The zero-order valence-electron chi connectivity index (χ0n) is 16.3. The molecule has 0 aliphatic carbocycles. The topological polar surface area (TPSA) is 97.5 Å². The van der Waals surface area contributed by atoms with Gasteiger partial charge in [0, 0.05) is 22.5 Å². The molecule has 0 aliphatic rings. The highest BCUT2D eigenvalue weighted by Crippen LogP contribution is 2.12. The fraction of sp³-hybridized carbons (Fsp3) is 0.0909. The Morgan fingerprint density at radius 1 is 1.00 bits per heavy atom. The molecule has 0 aliphatic heterocycles. The van der Waals surface area contributed by atoms with Crippen molar-refractivity contribution in [3.05, 3.63) is 99.6 Å². The summed E-state index contributed by atoms with van der Waals surface area (Å²) in [7, 11) is 0. The van der Waals surface area contributed by atoms with Crippen molar-refractivity contribution >= 4 is 34.7 Å². The fourth-order valence-electron chi connectivity index (χ4n) is 3.09. The van der Waals surface area contributed by atoms with Gasteiger partial charge in [0.2, 0.25) is 5.91 Å². The summed E-state index contributed by atoms with van der Waals surface area (Å²) in [5, 5.41) is 10.0. The second-order valence-corrected chi connectivity index (χ2v) is 7.25. The zero-order chi connectivity index (χ0) is 21.8. The van der Waals surface area contributed by atoms with Gasteiger partial charge < -0.3 is 10.6 Å². The first kappa shape index (κ1) is 20.4. The van der Waals surface area contributed by atoms with Gasteiger partial charge in [0.1, 0.15) is 0 Å². The van der Waals surface area contributed by atoms with Gasteiger partial charge in [-0.2, -0.15) is 0 Å². The number of anilines is 1. The van der Waals surface area contributed by atoms with Crippen LogP contribution >= 0.6 is 11.6 Å². The van der Waals surface area contributed by atoms with E-state index < -0.39 is 5.91 Å². The van der Waals surface area contributed by atoms with E-state index in [0.717, 1.165) is 5.56 Å². The Hall–Kier alpha value is -3.91. The lowest BCUT2D eigenvalue weighted by Crippen LogP contribution is -2.32. The number of carbonyl (C=O) groups is 2. The van der Waals surface area contributed by atoms with Gasteiger partial charge in [0.25, 0.3) is 5.91 Å². The molecule has 2 aromatic carbocycles. The monoisotopic (exact) mass is 435 g/mol. The van der Waals surface area contributed by atoms with Crippen LogP contribution in [0.15, 0.2) is 77.7 Å². The van der Waals surface area contributed by atoms with Crippen LogP contribution in [0.4, 0.5) is 5.69 Å². The van der Waals surface area contributed by atoms with Crippen LogP contribution < -0.4 is 16.3 Å². The standard InChI is InChI=1S/C22H18ClN5O3/c23-17-7-4-6-16(12-17)21(30)24-13-20(29)25-18-8-3-5-15(11-18)14-28-22(31)27-10-2-1-9-19(27)26-28/h1-12H,13-14H2,(H,24,30)(H,25,29). The highest BCUT2D eigenvalue weighted by atomic mass is 35.5. The number of hydrogen-bond donors (Lipinski definition) is 2. The van der Waals surface area contributed by atoms with E-state index in [1.165, 1.54) is 15.1 Å². The highest BCUT2D eigenvalue weighted by Gasteiger charge is 2.10. The first-order valence-electron chi connectivity index (χ1n) is 9.46. The van der Waals surface area contributed by atoms with Crippen molar-refractivity contribution in [3.63, 3.8) is 0 Å². The van der Waals surface area contributed by atoms with Crippen LogP contribution in [-0.4, -0.2) is 32.5 Å². The summed E-state index contributed by atoms with van der Waals surface area (Å²) in [6.07, 6.45) is 1.66. The summed E-state index contributed by atoms with van der Waals surface area (Å²) in [5.41, 5.74) is 2.05. The molecule has 0 spiro atoms. The van der Waals surface area contributed by atoms with Gasteiger partial charge in [-0.3, -0.25) is 14.0 Å². The Labute approximate surface area is 182 Å². The van der Waals surface area contributed by atoms with E-state index in [1.807, 2.05) is 12.1 Å². The number of pyridine rings is 1. The van der Waals surface area contributed by atoms with E-state index in [2.05, 4.69) is 15.7 Å². The molecule has 2 N–H and O–H groups in total. The maximum atomic E-state index is 12.4. The molecule has 0 radical (unpaired) electrons. The van der Waals surface area contributed by atoms with Gasteiger partial charge in [0.15, 0.2) is 5.65 Å². The Balaban J connectivity index is 1.39. The van der Waals surface area contributed by atoms with Crippen molar-refractivity contribution < 1.29 is 9.59 Å². The van der Waals surface area contributed by atoms with Crippen molar-refractivity contribution in [2.75, 3.05) is 11.9 Å². The molecular formula is C22H18ClN5O3. The Bertz CT molecular complexity index is 1330. The van der Waals surface area contributed by atoms with Crippen molar-refractivity contribution in [3.8, 4) is 0 Å². The zero-order valence-corrected chi connectivity index (χ0v) is 17.0. The smallest absolute Gasteiger partial charge is 0.343 e. The number of benzene rings is 2. The second kappa shape index (κ2) is 8.85. The van der Waals surface area contributed by atoms with Crippen LogP contribution in [0.3, 0.4) is 0 Å². The van der Waals surface area contributed by atoms with Crippen molar-refractivity contribution in [2.24, 2.45) is 0 Å². The number of fused-ring (bicyclic) bond motifs is 1. The number of carbonyl (C=O) groups excluding carboxylic acids is 2. The van der Waals surface area contributed by atoms with Gasteiger partial charge >= 0.3 is 5.69 Å². The molecule has 9 heteroatoms. The van der Waals surface area contributed by atoms with Crippen molar-refractivity contribution in [1.29, 1.82) is 0 Å². The third-order valence-electron chi connectivity index (χ3n) is 4.53. The van der Waals surface area contributed by atoms with Gasteiger partial charge in [-0.15, -0.1) is 5.10 Å². The Morgan fingerprint density at radius 3 is 2.65 bits per heavy atom. The third-order valence-corrected chi connectivity index (χ3v) is 4.76. The molecule has 0 saturated carbocycles. The number of hydrogen-bond acceptors (Lipinski definition) is 4. The predicted molar refractivity (Wildman–Crippen MR) is 117 cm³/mol. The molecule has 2 amide bonds. The number of halogens is 1. The third kappa shape index (κ3) is 4.81. The first-order valence-corrected chi connectivity index (χ1v) is 9.84. The molecule has 4 aromatic rings. The summed E-state index contributed by atoms with van der Waals surface area (Å²) >= 11 is 5.88. The minimum Gasteiger partial charge on any atom is -0.343 e. The predicted octanol–water partition coefficient (Wildman–Crippen LogP) is 2.57. The maximum Gasteiger partial charge on any atom is 0.350 e. The molecule has 0 unspecified atom stereocenters. The van der Waals surface area contributed by atoms with E-state index in [1.54, 1.807) is 54.7 Å². The number of nitrogens with zero attached hydrogens (tertiary/aromatic N) is 3.